The van der Waals surface area contributed by atoms with E-state index >= 15 is 0 Å². The molecule has 0 N–H and O–H groups in total. The number of hydrogen-bond acceptors (Lipinski definition) is 4. The molecule has 0 spiro atoms. The Kier molecular flexibility index (Phi) is 4.31. The summed E-state index contributed by atoms with van der Waals surface area (Å²) in [6, 6.07) is 3.83. The normalized spacial score (nSPS) is 18.5. The molecule has 0 amide bonds. The number of Topliss-reactive ketones (excluding diaryl/α,β-unsaturated/α-hetero) is 1. The van der Waals surface area contributed by atoms with E-state index < -0.39 is 0 Å². The van der Waals surface area contributed by atoms with Gasteiger partial charge in [-0.05, 0) is 18.6 Å². The van der Waals surface area contributed by atoms with E-state index in [4.69, 9.17) is 9.47 Å². The maximum atomic E-state index is 12.1. The Morgan fingerprint density at radius 1 is 1.47 bits per heavy atom. The van der Waals surface area contributed by atoms with Gasteiger partial charge in [-0.25, -0.2) is 0 Å². The van der Waals surface area contributed by atoms with Crippen molar-refractivity contribution in [3.05, 3.63) is 21.9 Å². The second-order valence-electron chi connectivity index (χ2n) is 4.33. The fourth-order valence-corrected chi connectivity index (χ4v) is 3.00. The number of ketones is 1. The summed E-state index contributed by atoms with van der Waals surface area (Å²) in [7, 11) is 0. The monoisotopic (exact) mass is 254 g/mol. The Morgan fingerprint density at radius 2 is 2.18 bits per heavy atom. The lowest BCUT2D eigenvalue weighted by Crippen LogP contribution is -2.09. The molecule has 0 saturated carbocycles. The van der Waals surface area contributed by atoms with Crippen molar-refractivity contribution in [3.8, 4) is 0 Å². The van der Waals surface area contributed by atoms with Crippen molar-refractivity contribution >= 4 is 17.1 Å². The van der Waals surface area contributed by atoms with Crippen LogP contribution in [0.4, 0.5) is 0 Å². The van der Waals surface area contributed by atoms with Crippen LogP contribution in [0.5, 0.6) is 0 Å². The summed E-state index contributed by atoms with van der Waals surface area (Å²) < 4.78 is 10.8. The topological polar surface area (TPSA) is 35.5 Å². The van der Waals surface area contributed by atoms with Gasteiger partial charge in [0.1, 0.15) is 0 Å². The van der Waals surface area contributed by atoms with Crippen LogP contribution in [0.1, 0.15) is 47.5 Å². The molecule has 0 aromatic carbocycles. The van der Waals surface area contributed by atoms with Gasteiger partial charge >= 0.3 is 0 Å². The van der Waals surface area contributed by atoms with Gasteiger partial charge in [-0.1, -0.05) is 20.3 Å². The lowest BCUT2D eigenvalue weighted by atomic mass is 10.0. The van der Waals surface area contributed by atoms with Crippen LogP contribution in [-0.2, 0) is 9.47 Å². The molecule has 1 aromatic heterocycles. The smallest absolute Gasteiger partial charge is 0.193 e. The number of carbonyl (C=O) groups excluding carboxylic acids is 1. The summed E-state index contributed by atoms with van der Waals surface area (Å²) in [4.78, 5) is 13.9. The van der Waals surface area contributed by atoms with Crippen LogP contribution in [0.2, 0.25) is 0 Å². The molecule has 1 saturated heterocycles. The second kappa shape index (κ2) is 5.76. The number of ether oxygens (including phenoxy) is 2. The lowest BCUT2D eigenvalue weighted by Gasteiger charge is -2.07. The van der Waals surface area contributed by atoms with E-state index in [1.54, 1.807) is 0 Å². The third-order valence-corrected chi connectivity index (χ3v) is 4.01. The molecule has 0 bridgehead atoms. The van der Waals surface area contributed by atoms with E-state index in [2.05, 4.69) is 6.92 Å². The Balaban J connectivity index is 2.04. The Labute approximate surface area is 106 Å². The number of rotatable bonds is 5. The molecule has 3 nitrogen and oxygen atoms in total. The lowest BCUT2D eigenvalue weighted by molar-refractivity contribution is -0.0413. The van der Waals surface area contributed by atoms with Crippen molar-refractivity contribution in [3.63, 3.8) is 0 Å². The average molecular weight is 254 g/mol. The van der Waals surface area contributed by atoms with Crippen molar-refractivity contribution < 1.29 is 14.3 Å². The molecule has 1 aromatic rings. The van der Waals surface area contributed by atoms with Crippen LogP contribution in [0.25, 0.3) is 0 Å². The highest BCUT2D eigenvalue weighted by atomic mass is 32.1. The summed E-state index contributed by atoms with van der Waals surface area (Å²) in [5.74, 6) is 0.345. The van der Waals surface area contributed by atoms with E-state index in [1.165, 1.54) is 11.3 Å². The quantitative estimate of drug-likeness (QED) is 0.755. The molecule has 4 heteroatoms. The van der Waals surface area contributed by atoms with Crippen LogP contribution in [0.15, 0.2) is 12.1 Å². The molecule has 1 aliphatic rings. The first kappa shape index (κ1) is 12.7. The molecular weight excluding hydrogens is 236 g/mol. The highest BCUT2D eigenvalue weighted by molar-refractivity contribution is 7.14. The first-order chi connectivity index (χ1) is 8.22. The van der Waals surface area contributed by atoms with Crippen molar-refractivity contribution in [2.45, 2.75) is 33.0 Å². The third-order valence-electron chi connectivity index (χ3n) is 2.89. The highest BCUT2D eigenvalue weighted by Crippen LogP contribution is 2.31. The van der Waals surface area contributed by atoms with E-state index in [-0.39, 0.29) is 18.0 Å². The zero-order chi connectivity index (χ0) is 12.3. The SMILES string of the molecule is CCC[C@H](C)C(=O)c1ccc(C2OCCO2)s1. The zero-order valence-electron chi connectivity index (χ0n) is 10.3. The maximum absolute atomic E-state index is 12.1. The molecule has 94 valence electrons. The summed E-state index contributed by atoms with van der Waals surface area (Å²) >= 11 is 1.49. The molecule has 1 aliphatic heterocycles. The van der Waals surface area contributed by atoms with Crippen molar-refractivity contribution in [2.24, 2.45) is 5.92 Å². The fraction of sp³-hybridized carbons (Fsp3) is 0.615. The fourth-order valence-electron chi connectivity index (χ4n) is 1.94. The molecule has 2 rings (SSSR count). The zero-order valence-corrected chi connectivity index (χ0v) is 11.1. The second-order valence-corrected chi connectivity index (χ2v) is 5.44. The van der Waals surface area contributed by atoms with Crippen LogP contribution in [0, 0.1) is 5.92 Å². The van der Waals surface area contributed by atoms with E-state index in [1.807, 2.05) is 19.1 Å². The standard InChI is InChI=1S/C13H18O3S/c1-3-4-9(2)12(14)10-5-6-11(17-10)13-15-7-8-16-13/h5-6,9,13H,3-4,7-8H2,1-2H3/t9-/m0/s1. The number of carbonyl (C=O) groups is 1. The number of hydrogen-bond donors (Lipinski definition) is 0. The van der Waals surface area contributed by atoms with Gasteiger partial charge in [-0.3, -0.25) is 4.79 Å². The maximum Gasteiger partial charge on any atom is 0.193 e. The Morgan fingerprint density at radius 3 is 2.82 bits per heavy atom. The van der Waals surface area contributed by atoms with E-state index in [0.717, 1.165) is 22.6 Å². The third kappa shape index (κ3) is 2.94. The van der Waals surface area contributed by atoms with Gasteiger partial charge in [0.2, 0.25) is 0 Å². The average Bonchev–Trinajstić information content (AvgIpc) is 2.98. The van der Waals surface area contributed by atoms with Crippen molar-refractivity contribution in [2.75, 3.05) is 13.2 Å². The van der Waals surface area contributed by atoms with Gasteiger partial charge < -0.3 is 9.47 Å². The summed E-state index contributed by atoms with van der Waals surface area (Å²) in [6.07, 6.45) is 1.73. The minimum Gasteiger partial charge on any atom is -0.345 e. The van der Waals surface area contributed by atoms with Gasteiger partial charge in [0.15, 0.2) is 12.1 Å². The van der Waals surface area contributed by atoms with Crippen molar-refractivity contribution in [1.82, 2.24) is 0 Å². The van der Waals surface area contributed by atoms with Gasteiger partial charge in [0.05, 0.1) is 23.0 Å². The summed E-state index contributed by atoms with van der Waals surface area (Å²) in [5, 5.41) is 0. The summed E-state index contributed by atoms with van der Waals surface area (Å²) in [5.41, 5.74) is 0. The van der Waals surface area contributed by atoms with Gasteiger partial charge in [0.25, 0.3) is 0 Å². The first-order valence-electron chi connectivity index (χ1n) is 6.09. The van der Waals surface area contributed by atoms with Gasteiger partial charge in [0, 0.05) is 5.92 Å². The first-order valence-corrected chi connectivity index (χ1v) is 6.91. The predicted molar refractivity (Wildman–Crippen MR) is 67.4 cm³/mol. The van der Waals surface area contributed by atoms with E-state index in [0.29, 0.717) is 13.2 Å². The molecule has 2 heterocycles. The molecular formula is C13H18O3S. The highest BCUT2D eigenvalue weighted by Gasteiger charge is 2.23. The largest absolute Gasteiger partial charge is 0.345 e. The molecule has 0 aliphatic carbocycles. The van der Waals surface area contributed by atoms with Crippen LogP contribution < -0.4 is 0 Å². The Bertz CT molecular complexity index is 380. The van der Waals surface area contributed by atoms with Crippen LogP contribution >= 0.6 is 11.3 Å². The summed E-state index contributed by atoms with van der Waals surface area (Å²) in [6.45, 7) is 5.37. The van der Waals surface area contributed by atoms with Crippen molar-refractivity contribution in [1.29, 1.82) is 0 Å². The van der Waals surface area contributed by atoms with Crippen LogP contribution in [0.3, 0.4) is 0 Å². The molecule has 1 atom stereocenters. The predicted octanol–water partition coefficient (Wildman–Crippen LogP) is 3.41. The minimum atomic E-state index is -0.261. The molecule has 0 radical (unpaired) electrons. The molecule has 1 fully saturated rings. The van der Waals surface area contributed by atoms with Gasteiger partial charge in [-0.15, -0.1) is 11.3 Å². The molecule has 17 heavy (non-hydrogen) atoms. The van der Waals surface area contributed by atoms with E-state index in [9.17, 15) is 4.79 Å². The Hall–Kier alpha value is -0.710. The van der Waals surface area contributed by atoms with Crippen LogP contribution in [-0.4, -0.2) is 19.0 Å². The molecule has 0 unspecified atom stereocenters. The van der Waals surface area contributed by atoms with Gasteiger partial charge in [-0.2, -0.15) is 0 Å². The minimum absolute atomic E-state index is 0.108. The number of thiophene rings is 1.